The molecule has 0 saturated heterocycles. The number of nitrogens with two attached hydrogens (primary N) is 1. The lowest BCUT2D eigenvalue weighted by Crippen LogP contribution is -2.39. The van der Waals surface area contributed by atoms with Crippen molar-refractivity contribution >= 4 is 17.4 Å². The highest BCUT2D eigenvalue weighted by atomic mass is 16.5. The molecule has 0 aliphatic heterocycles. The number of hydrogen-bond donors (Lipinski definition) is 2. The van der Waals surface area contributed by atoms with Gasteiger partial charge in [0.25, 0.3) is 5.56 Å². The number of aryl methyl sites for hydroxylation is 1. The van der Waals surface area contributed by atoms with Gasteiger partial charge in [-0.25, -0.2) is 4.79 Å². The van der Waals surface area contributed by atoms with Crippen molar-refractivity contribution in [3.05, 3.63) is 32.6 Å². The van der Waals surface area contributed by atoms with Crippen LogP contribution in [0.15, 0.2) is 14.1 Å². The Labute approximate surface area is 169 Å². The van der Waals surface area contributed by atoms with Gasteiger partial charge >= 0.3 is 5.69 Å². The molecule has 2 aromatic heterocycles. The predicted octanol–water partition coefficient (Wildman–Crippen LogP) is 1.59. The molecule has 10 heteroatoms. The van der Waals surface area contributed by atoms with Crippen molar-refractivity contribution in [2.45, 2.75) is 71.8 Å². The number of nitrogens with zero attached hydrogens (tertiary/aromatic N) is 4. The van der Waals surface area contributed by atoms with E-state index in [1.54, 1.807) is 0 Å². The summed E-state index contributed by atoms with van der Waals surface area (Å²) in [6.45, 7) is 8.32. The first-order chi connectivity index (χ1) is 13.6. The lowest BCUT2D eigenvalue weighted by molar-refractivity contribution is -0.118. The summed E-state index contributed by atoms with van der Waals surface area (Å²) in [7, 11) is 1.47. The van der Waals surface area contributed by atoms with Crippen molar-refractivity contribution < 1.29 is 9.32 Å². The molecular formula is C19H30N6O4. The van der Waals surface area contributed by atoms with Gasteiger partial charge in [0.2, 0.25) is 11.8 Å². The molecule has 0 fully saturated rings. The number of carbonyl (C=O) groups excluding carboxylic acids is 1. The Kier molecular flexibility index (Phi) is 6.99. The first-order valence-electron chi connectivity index (χ1n) is 9.78. The summed E-state index contributed by atoms with van der Waals surface area (Å²) in [5.41, 5.74) is 4.57. The number of carbonyl (C=O) groups is 1. The van der Waals surface area contributed by atoms with Gasteiger partial charge in [-0.05, 0) is 12.8 Å². The quantitative estimate of drug-likeness (QED) is 0.678. The van der Waals surface area contributed by atoms with E-state index in [-0.39, 0.29) is 29.2 Å². The van der Waals surface area contributed by atoms with E-state index in [1.165, 1.54) is 16.5 Å². The average Bonchev–Trinajstić information content (AvgIpc) is 3.10. The number of rotatable bonds is 8. The van der Waals surface area contributed by atoms with Crippen LogP contribution >= 0.6 is 0 Å². The molecule has 2 rings (SSSR count). The second-order valence-electron chi connectivity index (χ2n) is 8.07. The number of nitrogen functional groups attached to an aromatic ring is 1. The van der Waals surface area contributed by atoms with Gasteiger partial charge in [-0.1, -0.05) is 39.3 Å². The maximum absolute atomic E-state index is 12.6. The molecule has 1 amide bonds. The van der Waals surface area contributed by atoms with Crippen molar-refractivity contribution in [2.75, 3.05) is 17.7 Å². The Morgan fingerprint density at radius 2 is 1.97 bits per heavy atom. The summed E-state index contributed by atoms with van der Waals surface area (Å²) >= 11 is 0. The van der Waals surface area contributed by atoms with Crippen molar-refractivity contribution in [2.24, 2.45) is 0 Å². The van der Waals surface area contributed by atoms with Crippen LogP contribution in [0.25, 0.3) is 0 Å². The maximum Gasteiger partial charge on any atom is 0.330 e. The number of anilines is 2. The predicted molar refractivity (Wildman–Crippen MR) is 110 cm³/mol. The van der Waals surface area contributed by atoms with Crippen LogP contribution in [-0.2, 0) is 23.2 Å². The van der Waals surface area contributed by atoms with Gasteiger partial charge in [-0.15, -0.1) is 0 Å². The molecule has 10 nitrogen and oxygen atoms in total. The molecule has 160 valence electrons. The molecule has 0 aliphatic rings. The summed E-state index contributed by atoms with van der Waals surface area (Å²) in [6, 6.07) is 0. The Morgan fingerprint density at radius 3 is 2.55 bits per heavy atom. The molecule has 0 bridgehead atoms. The highest BCUT2D eigenvalue weighted by Gasteiger charge is 2.22. The van der Waals surface area contributed by atoms with Crippen LogP contribution in [-0.4, -0.2) is 32.6 Å². The zero-order valence-corrected chi connectivity index (χ0v) is 17.7. The van der Waals surface area contributed by atoms with Gasteiger partial charge in [-0.2, -0.15) is 4.98 Å². The Hall–Kier alpha value is -2.91. The first kappa shape index (κ1) is 22.4. The number of aromatic nitrogens is 4. The van der Waals surface area contributed by atoms with Crippen molar-refractivity contribution in [1.29, 1.82) is 0 Å². The van der Waals surface area contributed by atoms with Gasteiger partial charge in [-0.3, -0.25) is 19.1 Å². The minimum absolute atomic E-state index is 0.00484. The summed E-state index contributed by atoms with van der Waals surface area (Å²) in [4.78, 5) is 44.6. The Balaban J connectivity index is 2.07. The van der Waals surface area contributed by atoms with Crippen LogP contribution in [0, 0.1) is 0 Å². The molecule has 3 N–H and O–H groups in total. The molecule has 0 aromatic carbocycles. The van der Waals surface area contributed by atoms with E-state index in [0.717, 1.165) is 12.8 Å². The second kappa shape index (κ2) is 9.06. The van der Waals surface area contributed by atoms with Gasteiger partial charge in [0.15, 0.2) is 11.5 Å². The molecule has 29 heavy (non-hydrogen) atoms. The Morgan fingerprint density at radius 1 is 1.28 bits per heavy atom. The van der Waals surface area contributed by atoms with Gasteiger partial charge < -0.3 is 15.2 Å². The highest BCUT2D eigenvalue weighted by Crippen LogP contribution is 2.20. The number of nitrogens with one attached hydrogen (secondary N) is 1. The monoisotopic (exact) mass is 406 g/mol. The normalized spacial score (nSPS) is 11.6. The molecule has 0 atom stereocenters. The third kappa shape index (κ3) is 5.33. The van der Waals surface area contributed by atoms with E-state index in [9.17, 15) is 14.4 Å². The minimum atomic E-state index is -0.678. The third-order valence-corrected chi connectivity index (χ3v) is 4.58. The summed E-state index contributed by atoms with van der Waals surface area (Å²) in [6.07, 6.45) is 2.68. The average molecular weight is 406 g/mol. The van der Waals surface area contributed by atoms with Crippen LogP contribution in [0.4, 0.5) is 11.5 Å². The van der Waals surface area contributed by atoms with Crippen molar-refractivity contribution in [3.8, 4) is 0 Å². The maximum atomic E-state index is 12.6. The van der Waals surface area contributed by atoms with Crippen molar-refractivity contribution in [3.63, 3.8) is 0 Å². The fourth-order valence-corrected chi connectivity index (χ4v) is 2.78. The number of unbranched alkanes of at least 4 members (excludes halogenated alkanes) is 1. The lowest BCUT2D eigenvalue weighted by Gasteiger charge is -2.20. The third-order valence-electron chi connectivity index (χ3n) is 4.58. The zero-order chi connectivity index (χ0) is 21.8. The van der Waals surface area contributed by atoms with Gasteiger partial charge in [0.05, 0.1) is 0 Å². The molecule has 0 radical (unpaired) electrons. The molecule has 0 saturated carbocycles. The number of aromatic amines is 1. The van der Waals surface area contributed by atoms with Crippen LogP contribution in [0.1, 0.15) is 65.1 Å². The largest absolute Gasteiger partial charge is 0.383 e. The number of hydrogen-bond acceptors (Lipinski definition) is 7. The van der Waals surface area contributed by atoms with Gasteiger partial charge in [0, 0.05) is 31.8 Å². The fourth-order valence-electron chi connectivity index (χ4n) is 2.78. The summed E-state index contributed by atoms with van der Waals surface area (Å²) in [5.74, 6) is 0.786. The second-order valence-corrected chi connectivity index (χ2v) is 8.07. The van der Waals surface area contributed by atoms with E-state index in [0.29, 0.717) is 31.1 Å². The zero-order valence-electron chi connectivity index (χ0n) is 17.7. The van der Waals surface area contributed by atoms with E-state index >= 15 is 0 Å². The highest BCUT2D eigenvalue weighted by molar-refractivity contribution is 5.94. The molecule has 0 spiro atoms. The van der Waals surface area contributed by atoms with Crippen LogP contribution < -0.4 is 21.9 Å². The van der Waals surface area contributed by atoms with E-state index in [1.807, 2.05) is 27.7 Å². The smallest absolute Gasteiger partial charge is 0.330 e. The van der Waals surface area contributed by atoms with E-state index in [4.69, 9.17) is 10.3 Å². The number of H-pyrrole nitrogens is 1. The lowest BCUT2D eigenvalue weighted by atomic mass is 9.96. The molecule has 0 unspecified atom stereocenters. The van der Waals surface area contributed by atoms with Crippen molar-refractivity contribution in [1.82, 2.24) is 19.7 Å². The van der Waals surface area contributed by atoms with Crippen LogP contribution in [0.5, 0.6) is 0 Å². The summed E-state index contributed by atoms with van der Waals surface area (Å²) in [5, 5.41) is 3.96. The molecule has 0 aliphatic carbocycles. The SMILES string of the molecule is CCCCn1c(N)c(N(C)C(=O)CCCc2nc(C(C)(C)C)no2)c(=O)[nH]c1=O. The molecular weight excluding hydrogens is 376 g/mol. The minimum Gasteiger partial charge on any atom is -0.383 e. The van der Waals surface area contributed by atoms with Gasteiger partial charge in [0.1, 0.15) is 5.82 Å². The molecule has 2 aromatic rings. The summed E-state index contributed by atoms with van der Waals surface area (Å²) < 4.78 is 6.51. The molecule has 2 heterocycles. The Bertz CT molecular complexity index is 966. The van der Waals surface area contributed by atoms with E-state index < -0.39 is 11.2 Å². The topological polar surface area (TPSA) is 140 Å². The van der Waals surface area contributed by atoms with Crippen LogP contribution in [0.2, 0.25) is 0 Å². The first-order valence-corrected chi connectivity index (χ1v) is 9.78. The number of amides is 1. The fraction of sp³-hybridized carbons (Fsp3) is 0.632. The van der Waals surface area contributed by atoms with E-state index in [2.05, 4.69) is 15.1 Å². The van der Waals surface area contributed by atoms with Crippen LogP contribution in [0.3, 0.4) is 0 Å². The standard InChI is InChI=1S/C19H30N6O4/c1-6-7-11-25-15(20)14(16(27)22-18(25)28)24(5)13(26)10-8-9-12-21-17(23-29-12)19(2,3)4/h6-11,20H2,1-5H3,(H,22,27,28).